The molecule has 1 aliphatic heterocycles. The molecule has 1 saturated heterocycles. The van der Waals surface area contributed by atoms with Gasteiger partial charge < -0.3 is 14.5 Å². The molecule has 1 aromatic carbocycles. The minimum Gasteiger partial charge on any atom is -0.416 e. The number of hydrogen-bond acceptors (Lipinski definition) is 5. The molecule has 3 aromatic rings. The fourth-order valence-electron chi connectivity index (χ4n) is 6.85. The first kappa shape index (κ1) is 35.6. The summed E-state index contributed by atoms with van der Waals surface area (Å²) >= 11 is 0. The van der Waals surface area contributed by atoms with Crippen LogP contribution in [0, 0.1) is 11.5 Å². The summed E-state index contributed by atoms with van der Waals surface area (Å²) in [6.45, 7) is 28.7. The molecular formula is C36H59N5O2Si2. The highest BCUT2D eigenvalue weighted by molar-refractivity contribution is 6.90. The van der Waals surface area contributed by atoms with Gasteiger partial charge in [-0.1, -0.05) is 74.3 Å². The van der Waals surface area contributed by atoms with Crippen molar-refractivity contribution in [3.8, 4) is 22.6 Å². The number of rotatable bonds is 11. The van der Waals surface area contributed by atoms with Gasteiger partial charge in [-0.15, -0.1) is 5.54 Å². The van der Waals surface area contributed by atoms with E-state index in [1.807, 2.05) is 17.9 Å². The molecule has 4 rings (SSSR count). The summed E-state index contributed by atoms with van der Waals surface area (Å²) < 4.78 is 16.7. The Labute approximate surface area is 275 Å². The zero-order valence-corrected chi connectivity index (χ0v) is 32.2. The Bertz CT molecular complexity index is 1480. The number of aromatic nitrogens is 4. The van der Waals surface area contributed by atoms with Crippen molar-refractivity contribution >= 4 is 27.3 Å². The number of benzene rings is 1. The zero-order chi connectivity index (χ0) is 33.2. The quantitative estimate of drug-likeness (QED) is 0.128. The molecule has 0 aliphatic carbocycles. The van der Waals surface area contributed by atoms with Gasteiger partial charge in [0.15, 0.2) is 14.5 Å². The molecule has 1 fully saturated rings. The van der Waals surface area contributed by atoms with Crippen LogP contribution in [0.4, 0.5) is 0 Å². The Morgan fingerprint density at radius 1 is 1.07 bits per heavy atom. The Kier molecular flexibility index (Phi) is 11.3. The smallest absolute Gasteiger partial charge is 0.192 e. The molecule has 2 aromatic heterocycles. The van der Waals surface area contributed by atoms with E-state index >= 15 is 0 Å². The summed E-state index contributed by atoms with van der Waals surface area (Å²) in [5.74, 6) is 3.68. The monoisotopic (exact) mass is 649 g/mol. The fourth-order valence-corrected chi connectivity index (χ4v) is 13.1. The van der Waals surface area contributed by atoms with Crippen LogP contribution in [0.3, 0.4) is 0 Å². The second-order valence-corrected chi connectivity index (χ2v) is 25.8. The average molecular weight is 650 g/mol. The number of nitrogens with one attached hydrogen (secondary N) is 1. The van der Waals surface area contributed by atoms with E-state index in [4.69, 9.17) is 14.3 Å². The van der Waals surface area contributed by atoms with Crippen molar-refractivity contribution in [1.82, 2.24) is 24.9 Å². The second kappa shape index (κ2) is 14.3. The Morgan fingerprint density at radius 3 is 2.36 bits per heavy atom. The number of aryl methyl sites for hydroxylation is 1. The van der Waals surface area contributed by atoms with Crippen LogP contribution in [-0.2, 0) is 22.8 Å². The van der Waals surface area contributed by atoms with Crippen molar-refractivity contribution in [2.24, 2.45) is 7.05 Å². The highest BCUT2D eigenvalue weighted by Gasteiger charge is 2.42. The van der Waals surface area contributed by atoms with Gasteiger partial charge in [-0.2, -0.15) is 10.2 Å². The third-order valence-electron chi connectivity index (χ3n) is 10.6. The maximum absolute atomic E-state index is 6.39. The lowest BCUT2D eigenvalue weighted by Gasteiger charge is -2.38. The topological polar surface area (TPSA) is 66.1 Å². The lowest BCUT2D eigenvalue weighted by molar-refractivity contribution is -0.0367. The summed E-state index contributed by atoms with van der Waals surface area (Å²) in [6, 6.07) is 6.68. The molecule has 1 N–H and O–H groups in total. The number of ether oxygens (including phenoxy) is 1. The van der Waals surface area contributed by atoms with Crippen molar-refractivity contribution in [3.63, 3.8) is 0 Å². The molecule has 1 unspecified atom stereocenters. The van der Waals surface area contributed by atoms with E-state index in [2.05, 4.69) is 120 Å². The SMILES string of the molecule is CC(C)[Si](C#Cc1nn(C2CCCCO2)c2ccc(-c3cnn(C)c3CNCCO[Si](C)(C)C(C)(C)C)cc12)(C(C)C)C(C)C. The first-order valence-corrected chi connectivity index (χ1v) is 22.3. The van der Waals surface area contributed by atoms with Crippen molar-refractivity contribution in [2.75, 3.05) is 19.8 Å². The van der Waals surface area contributed by atoms with E-state index in [-0.39, 0.29) is 11.3 Å². The Balaban J connectivity index is 1.69. The molecule has 45 heavy (non-hydrogen) atoms. The van der Waals surface area contributed by atoms with Crippen LogP contribution in [0.5, 0.6) is 0 Å². The van der Waals surface area contributed by atoms with E-state index in [0.717, 1.165) is 72.4 Å². The molecule has 1 atom stereocenters. The summed E-state index contributed by atoms with van der Waals surface area (Å²) in [5, 5.41) is 14.7. The van der Waals surface area contributed by atoms with Gasteiger partial charge in [0.05, 0.1) is 17.4 Å². The van der Waals surface area contributed by atoms with Crippen molar-refractivity contribution in [1.29, 1.82) is 0 Å². The summed E-state index contributed by atoms with van der Waals surface area (Å²) in [4.78, 5) is 0. The molecule has 0 bridgehead atoms. The first-order chi connectivity index (χ1) is 21.1. The predicted molar refractivity (Wildman–Crippen MR) is 194 cm³/mol. The third kappa shape index (κ3) is 7.52. The second-order valence-electron chi connectivity index (χ2n) is 15.4. The van der Waals surface area contributed by atoms with Gasteiger partial charge in [0, 0.05) is 44.3 Å². The predicted octanol–water partition coefficient (Wildman–Crippen LogP) is 8.82. The third-order valence-corrected chi connectivity index (χ3v) is 21.4. The molecule has 0 radical (unpaired) electrons. The van der Waals surface area contributed by atoms with Crippen LogP contribution >= 0.6 is 0 Å². The van der Waals surface area contributed by atoms with E-state index in [1.165, 1.54) is 0 Å². The molecule has 0 saturated carbocycles. The van der Waals surface area contributed by atoms with E-state index in [9.17, 15) is 0 Å². The van der Waals surface area contributed by atoms with Crippen LogP contribution in [0.2, 0.25) is 34.8 Å². The maximum Gasteiger partial charge on any atom is 0.192 e. The molecule has 0 amide bonds. The minimum atomic E-state index is -1.93. The number of hydrogen-bond donors (Lipinski definition) is 1. The summed E-state index contributed by atoms with van der Waals surface area (Å²) in [7, 11) is -1.66. The van der Waals surface area contributed by atoms with Crippen LogP contribution < -0.4 is 5.32 Å². The fraction of sp³-hybridized carbons (Fsp3) is 0.667. The molecule has 9 heteroatoms. The number of fused-ring (bicyclic) bond motifs is 1. The van der Waals surface area contributed by atoms with Gasteiger partial charge in [-0.25, -0.2) is 4.68 Å². The van der Waals surface area contributed by atoms with Gasteiger partial charge in [0.1, 0.15) is 13.8 Å². The van der Waals surface area contributed by atoms with Gasteiger partial charge >= 0.3 is 0 Å². The molecule has 7 nitrogen and oxygen atoms in total. The van der Waals surface area contributed by atoms with Gasteiger partial charge in [0.2, 0.25) is 0 Å². The van der Waals surface area contributed by atoms with E-state index < -0.39 is 16.4 Å². The van der Waals surface area contributed by atoms with Crippen LogP contribution in [0.25, 0.3) is 22.0 Å². The van der Waals surface area contributed by atoms with Crippen molar-refractivity contribution < 1.29 is 9.16 Å². The van der Waals surface area contributed by atoms with Crippen LogP contribution in [0.1, 0.15) is 99.2 Å². The van der Waals surface area contributed by atoms with Gasteiger partial charge in [0.25, 0.3) is 0 Å². The van der Waals surface area contributed by atoms with Gasteiger partial charge in [-0.05, 0) is 71.7 Å². The molecule has 248 valence electrons. The zero-order valence-electron chi connectivity index (χ0n) is 30.2. The summed E-state index contributed by atoms with van der Waals surface area (Å²) in [6.07, 6.45) is 5.18. The average Bonchev–Trinajstić information content (AvgIpc) is 3.52. The lowest BCUT2D eigenvalue weighted by Crippen LogP contribution is -2.43. The highest BCUT2D eigenvalue weighted by Crippen LogP contribution is 2.41. The minimum absolute atomic E-state index is 0.0448. The van der Waals surface area contributed by atoms with Crippen LogP contribution in [-0.4, -0.2) is 55.7 Å². The molecular weight excluding hydrogens is 591 g/mol. The summed E-state index contributed by atoms with van der Waals surface area (Å²) in [5.41, 5.74) is 11.0. The largest absolute Gasteiger partial charge is 0.416 e. The lowest BCUT2D eigenvalue weighted by atomic mass is 10.0. The Hall–Kier alpha value is -2.23. The van der Waals surface area contributed by atoms with Crippen LogP contribution in [0.15, 0.2) is 24.4 Å². The van der Waals surface area contributed by atoms with Crippen molar-refractivity contribution in [3.05, 3.63) is 35.8 Å². The standard InChI is InChI=1S/C36H59N5O2Si2/c1-26(2)45(27(3)4,28(5)6)22-18-32-30-23-29(16-17-33(30)41(39-32)35-15-13-14-20-42-35)31-24-38-40(10)34(31)25-37-19-21-43-44(11,12)36(7,8)9/h16-17,23-24,26-28,35,37H,13-15,19-21,25H2,1-12H3. The number of nitrogens with zero attached hydrogens (tertiary/aromatic N) is 4. The van der Waals surface area contributed by atoms with E-state index in [0.29, 0.717) is 23.2 Å². The normalized spacial score (nSPS) is 16.6. The molecule has 3 heterocycles. The Morgan fingerprint density at radius 2 is 1.76 bits per heavy atom. The maximum atomic E-state index is 6.39. The highest BCUT2D eigenvalue weighted by atomic mass is 28.4. The van der Waals surface area contributed by atoms with E-state index in [1.54, 1.807) is 0 Å². The first-order valence-electron chi connectivity index (χ1n) is 17.1. The van der Waals surface area contributed by atoms with Gasteiger partial charge in [-0.3, -0.25) is 4.68 Å². The molecule has 0 spiro atoms. The van der Waals surface area contributed by atoms with Crippen molar-refractivity contribution in [2.45, 2.75) is 129 Å². The molecule has 1 aliphatic rings.